The van der Waals surface area contributed by atoms with E-state index in [4.69, 9.17) is 27.4 Å². The van der Waals surface area contributed by atoms with Crippen molar-refractivity contribution in [2.24, 2.45) is 5.73 Å². The zero-order chi connectivity index (χ0) is 14.4. The van der Waals surface area contributed by atoms with Crippen LogP contribution in [0.3, 0.4) is 0 Å². The fourth-order valence-corrected chi connectivity index (χ4v) is 2.12. The van der Waals surface area contributed by atoms with E-state index >= 15 is 0 Å². The molecule has 1 aromatic rings. The molecule has 0 aliphatic carbocycles. The van der Waals surface area contributed by atoms with Crippen molar-refractivity contribution >= 4 is 23.1 Å². The summed E-state index contributed by atoms with van der Waals surface area (Å²) in [4.78, 5) is 14.1. The Morgan fingerprint density at radius 1 is 1.30 bits per heavy atom. The molecule has 0 atom stereocenters. The third kappa shape index (κ3) is 4.47. The molecule has 1 aliphatic heterocycles. The van der Waals surface area contributed by atoms with Gasteiger partial charge in [0.15, 0.2) is 6.61 Å². The molecule has 108 valence electrons. The summed E-state index contributed by atoms with van der Waals surface area (Å²) in [5.74, 6) is 0.652. The second-order valence-electron chi connectivity index (χ2n) is 4.57. The first-order valence-electron chi connectivity index (χ1n) is 6.51. The van der Waals surface area contributed by atoms with Crippen LogP contribution in [0.25, 0.3) is 0 Å². The summed E-state index contributed by atoms with van der Waals surface area (Å²) in [5, 5.41) is 0. The molecule has 0 bridgehead atoms. The highest BCUT2D eigenvalue weighted by Gasteiger charge is 2.16. The second-order valence-corrected chi connectivity index (χ2v) is 5.09. The number of nitrogens with two attached hydrogens (primary N) is 1. The fourth-order valence-electron chi connectivity index (χ4n) is 1.95. The maximum absolute atomic E-state index is 11.9. The molecule has 1 saturated heterocycles. The molecule has 0 spiro atoms. The molecule has 0 unspecified atom stereocenters. The predicted molar refractivity (Wildman–Crippen MR) is 79.8 cm³/mol. The molecule has 2 N–H and O–H groups in total. The summed E-state index contributed by atoms with van der Waals surface area (Å²) in [7, 11) is 0. The standard InChI is InChI=1S/C14H18N2O3S/c15-13(20)9-11-1-3-12(4-2-11)19-10-14(17)16-5-7-18-8-6-16/h1-4H,5-10H2,(H2,15,20). The van der Waals surface area contributed by atoms with Gasteiger partial charge in [-0.25, -0.2) is 0 Å². The summed E-state index contributed by atoms with van der Waals surface area (Å²) in [6.07, 6.45) is 0.572. The zero-order valence-electron chi connectivity index (χ0n) is 11.2. The summed E-state index contributed by atoms with van der Waals surface area (Å²) in [6, 6.07) is 7.43. The van der Waals surface area contributed by atoms with Crippen molar-refractivity contribution in [3.8, 4) is 5.75 Å². The van der Waals surface area contributed by atoms with Gasteiger partial charge in [-0.1, -0.05) is 24.4 Å². The van der Waals surface area contributed by atoms with Crippen LogP contribution in [0.2, 0.25) is 0 Å². The molecular formula is C14H18N2O3S. The largest absolute Gasteiger partial charge is 0.484 e. The lowest BCUT2D eigenvalue weighted by Gasteiger charge is -2.26. The number of morpholine rings is 1. The second kappa shape index (κ2) is 7.21. The van der Waals surface area contributed by atoms with Crippen LogP contribution in [0.1, 0.15) is 5.56 Å². The van der Waals surface area contributed by atoms with Crippen molar-refractivity contribution in [2.45, 2.75) is 6.42 Å². The molecule has 0 aromatic heterocycles. The lowest BCUT2D eigenvalue weighted by Crippen LogP contribution is -2.42. The van der Waals surface area contributed by atoms with Gasteiger partial charge in [0.2, 0.25) is 0 Å². The Kier molecular flexibility index (Phi) is 5.31. The minimum absolute atomic E-state index is 0.0134. The number of amides is 1. The van der Waals surface area contributed by atoms with Crippen LogP contribution in [-0.4, -0.2) is 48.7 Å². The minimum atomic E-state index is -0.0134. The number of nitrogens with zero attached hydrogens (tertiary/aromatic N) is 1. The van der Waals surface area contributed by atoms with E-state index in [-0.39, 0.29) is 12.5 Å². The quantitative estimate of drug-likeness (QED) is 0.812. The smallest absolute Gasteiger partial charge is 0.260 e. The summed E-state index contributed by atoms with van der Waals surface area (Å²) in [6.45, 7) is 2.51. The van der Waals surface area contributed by atoms with E-state index in [1.807, 2.05) is 24.3 Å². The molecule has 1 amide bonds. The molecule has 0 saturated carbocycles. The van der Waals surface area contributed by atoms with Gasteiger partial charge in [0.25, 0.3) is 5.91 Å². The van der Waals surface area contributed by atoms with E-state index in [2.05, 4.69) is 0 Å². The third-order valence-electron chi connectivity index (χ3n) is 3.03. The monoisotopic (exact) mass is 294 g/mol. The number of thiocarbonyl (C=S) groups is 1. The van der Waals surface area contributed by atoms with Gasteiger partial charge in [-0.3, -0.25) is 4.79 Å². The molecule has 20 heavy (non-hydrogen) atoms. The van der Waals surface area contributed by atoms with Crippen LogP contribution < -0.4 is 10.5 Å². The zero-order valence-corrected chi connectivity index (χ0v) is 12.0. The topological polar surface area (TPSA) is 64.8 Å². The Morgan fingerprint density at radius 3 is 2.55 bits per heavy atom. The molecule has 1 aliphatic rings. The van der Waals surface area contributed by atoms with Crippen molar-refractivity contribution in [1.29, 1.82) is 0 Å². The van der Waals surface area contributed by atoms with E-state index in [1.165, 1.54) is 0 Å². The highest BCUT2D eigenvalue weighted by molar-refractivity contribution is 7.80. The van der Waals surface area contributed by atoms with E-state index in [0.29, 0.717) is 43.5 Å². The van der Waals surface area contributed by atoms with Gasteiger partial charge in [0, 0.05) is 19.5 Å². The first kappa shape index (κ1) is 14.7. The van der Waals surface area contributed by atoms with Crippen LogP contribution in [0, 0.1) is 0 Å². The van der Waals surface area contributed by atoms with Gasteiger partial charge in [-0.2, -0.15) is 0 Å². The van der Waals surface area contributed by atoms with E-state index in [9.17, 15) is 4.79 Å². The summed E-state index contributed by atoms with van der Waals surface area (Å²) < 4.78 is 10.7. The lowest BCUT2D eigenvalue weighted by atomic mass is 10.1. The molecule has 1 heterocycles. The molecule has 5 nitrogen and oxygen atoms in total. The Balaban J connectivity index is 1.81. The molecule has 1 aromatic carbocycles. The van der Waals surface area contributed by atoms with Crippen LogP contribution in [0.15, 0.2) is 24.3 Å². The van der Waals surface area contributed by atoms with Crippen molar-refractivity contribution < 1.29 is 14.3 Å². The highest BCUT2D eigenvalue weighted by Crippen LogP contribution is 2.13. The number of benzene rings is 1. The number of carbonyl (C=O) groups excluding carboxylic acids is 1. The molecular weight excluding hydrogens is 276 g/mol. The number of hydrogen-bond donors (Lipinski definition) is 1. The van der Waals surface area contributed by atoms with Crippen molar-refractivity contribution in [1.82, 2.24) is 4.90 Å². The number of rotatable bonds is 5. The maximum Gasteiger partial charge on any atom is 0.260 e. The fraction of sp³-hybridized carbons (Fsp3) is 0.429. The summed E-state index contributed by atoms with van der Waals surface area (Å²) in [5.41, 5.74) is 6.52. The predicted octanol–water partition coefficient (Wildman–Crippen LogP) is 0.753. The van der Waals surface area contributed by atoms with Gasteiger partial charge in [-0.15, -0.1) is 0 Å². The van der Waals surface area contributed by atoms with Gasteiger partial charge in [0.05, 0.1) is 18.2 Å². The van der Waals surface area contributed by atoms with Gasteiger partial charge >= 0.3 is 0 Å². The normalized spacial score (nSPS) is 14.9. The third-order valence-corrected chi connectivity index (χ3v) is 3.17. The molecule has 0 radical (unpaired) electrons. The van der Waals surface area contributed by atoms with E-state index in [0.717, 1.165) is 5.56 Å². The Labute approximate surface area is 123 Å². The average molecular weight is 294 g/mol. The maximum atomic E-state index is 11.9. The molecule has 6 heteroatoms. The highest BCUT2D eigenvalue weighted by atomic mass is 32.1. The summed E-state index contributed by atoms with van der Waals surface area (Å²) >= 11 is 4.85. The van der Waals surface area contributed by atoms with Crippen molar-refractivity contribution in [2.75, 3.05) is 32.9 Å². The van der Waals surface area contributed by atoms with Gasteiger partial charge in [-0.05, 0) is 17.7 Å². The number of ether oxygens (including phenoxy) is 2. The van der Waals surface area contributed by atoms with Crippen LogP contribution in [0.5, 0.6) is 5.75 Å². The van der Waals surface area contributed by atoms with Crippen molar-refractivity contribution in [3.63, 3.8) is 0 Å². The Bertz CT molecular complexity index is 470. The minimum Gasteiger partial charge on any atom is -0.484 e. The number of hydrogen-bond acceptors (Lipinski definition) is 4. The van der Waals surface area contributed by atoms with Crippen LogP contribution in [0.4, 0.5) is 0 Å². The van der Waals surface area contributed by atoms with Crippen LogP contribution >= 0.6 is 12.2 Å². The lowest BCUT2D eigenvalue weighted by molar-refractivity contribution is -0.137. The van der Waals surface area contributed by atoms with Crippen molar-refractivity contribution in [3.05, 3.63) is 29.8 Å². The Hall–Kier alpha value is -1.66. The Morgan fingerprint density at radius 2 is 1.95 bits per heavy atom. The van der Waals surface area contributed by atoms with E-state index < -0.39 is 0 Å². The first-order chi connectivity index (χ1) is 9.65. The van der Waals surface area contributed by atoms with Gasteiger partial charge in [0.1, 0.15) is 5.75 Å². The first-order valence-corrected chi connectivity index (χ1v) is 6.91. The van der Waals surface area contributed by atoms with E-state index in [1.54, 1.807) is 4.90 Å². The van der Waals surface area contributed by atoms with Crippen LogP contribution in [-0.2, 0) is 16.0 Å². The SMILES string of the molecule is NC(=S)Cc1ccc(OCC(=O)N2CCOCC2)cc1. The number of carbonyl (C=O) groups is 1. The average Bonchev–Trinajstić information content (AvgIpc) is 2.46. The molecule has 1 fully saturated rings. The van der Waals surface area contributed by atoms with Gasteiger partial charge < -0.3 is 20.1 Å². The molecule has 2 rings (SSSR count).